The van der Waals surface area contributed by atoms with E-state index in [0.29, 0.717) is 12.0 Å². The van der Waals surface area contributed by atoms with E-state index in [-0.39, 0.29) is 18.6 Å². The van der Waals surface area contributed by atoms with Crippen LogP contribution in [0.15, 0.2) is 0 Å². The van der Waals surface area contributed by atoms with Crippen LogP contribution in [0.3, 0.4) is 0 Å². The number of unbranched alkanes of at least 4 members (excludes halogenated alkanes) is 1. The van der Waals surface area contributed by atoms with Crippen molar-refractivity contribution in [2.45, 2.75) is 46.5 Å². The fourth-order valence-corrected chi connectivity index (χ4v) is 2.25. The lowest BCUT2D eigenvalue weighted by Crippen LogP contribution is -2.39. The number of likely N-dealkylation sites (tertiary alicyclic amines) is 1. The van der Waals surface area contributed by atoms with Gasteiger partial charge in [0.2, 0.25) is 0 Å². The van der Waals surface area contributed by atoms with Crippen LogP contribution in [-0.4, -0.2) is 42.3 Å². The first-order chi connectivity index (χ1) is 8.42. The molecule has 1 aliphatic heterocycles. The molecule has 2 amide bonds. The number of nitrogens with zero attached hydrogens (tertiary/aromatic N) is 1. The fraction of sp³-hybridized carbons (Fsp3) is 0.929. The highest BCUT2D eigenvalue weighted by Crippen LogP contribution is 2.21. The molecule has 1 heterocycles. The summed E-state index contributed by atoms with van der Waals surface area (Å²) in [6.07, 6.45) is 4.32. The highest BCUT2D eigenvalue weighted by atomic mass is 16.3. The monoisotopic (exact) mass is 256 g/mol. The number of nitrogens with one attached hydrogen (secondary N) is 1. The summed E-state index contributed by atoms with van der Waals surface area (Å²) in [7, 11) is 0. The average molecular weight is 256 g/mol. The summed E-state index contributed by atoms with van der Waals surface area (Å²) >= 11 is 0. The van der Waals surface area contributed by atoms with Crippen LogP contribution in [0.1, 0.15) is 46.5 Å². The van der Waals surface area contributed by atoms with Gasteiger partial charge in [-0.2, -0.15) is 0 Å². The Hall–Kier alpha value is -0.770. The zero-order valence-electron chi connectivity index (χ0n) is 12.0. The zero-order chi connectivity index (χ0) is 13.6. The molecule has 0 saturated carbocycles. The number of hydrogen-bond acceptors (Lipinski definition) is 2. The van der Waals surface area contributed by atoms with E-state index in [1.807, 2.05) is 4.90 Å². The van der Waals surface area contributed by atoms with Gasteiger partial charge in [0.05, 0.1) is 0 Å². The first-order valence-corrected chi connectivity index (χ1v) is 7.06. The van der Waals surface area contributed by atoms with Gasteiger partial charge < -0.3 is 15.3 Å². The third kappa shape index (κ3) is 5.71. The maximum atomic E-state index is 11.8. The van der Waals surface area contributed by atoms with Crippen molar-refractivity contribution in [2.24, 2.45) is 11.3 Å². The van der Waals surface area contributed by atoms with Crippen LogP contribution >= 0.6 is 0 Å². The number of rotatable bonds is 5. The predicted molar refractivity (Wildman–Crippen MR) is 73.5 cm³/mol. The van der Waals surface area contributed by atoms with Crippen molar-refractivity contribution >= 4 is 6.03 Å². The van der Waals surface area contributed by atoms with Crippen LogP contribution < -0.4 is 5.32 Å². The minimum absolute atomic E-state index is 0.0294. The van der Waals surface area contributed by atoms with Crippen LogP contribution in [-0.2, 0) is 0 Å². The van der Waals surface area contributed by atoms with Crippen molar-refractivity contribution in [3.63, 3.8) is 0 Å². The molecule has 1 aliphatic rings. The SMILES string of the molecule is CC(C)(C)CCCCNC(=O)N1CCC(CO)C1. The quantitative estimate of drug-likeness (QED) is 0.741. The van der Waals surface area contributed by atoms with Crippen LogP contribution in [0.25, 0.3) is 0 Å². The normalized spacial score (nSPS) is 20.2. The third-order valence-electron chi connectivity index (χ3n) is 3.46. The second-order valence-corrected chi connectivity index (χ2v) is 6.53. The van der Waals surface area contributed by atoms with Crippen molar-refractivity contribution in [3.05, 3.63) is 0 Å². The standard InChI is InChI=1S/C14H28N2O2/c1-14(2,3)7-4-5-8-15-13(18)16-9-6-12(10-16)11-17/h12,17H,4-11H2,1-3H3,(H,15,18). The van der Waals surface area contributed by atoms with Crippen molar-refractivity contribution in [2.75, 3.05) is 26.2 Å². The molecule has 0 bridgehead atoms. The number of hydrogen-bond donors (Lipinski definition) is 2. The van der Waals surface area contributed by atoms with E-state index >= 15 is 0 Å². The lowest BCUT2D eigenvalue weighted by molar-refractivity contribution is 0.198. The lowest BCUT2D eigenvalue weighted by atomic mass is 9.90. The molecule has 0 aromatic carbocycles. The van der Waals surface area contributed by atoms with Gasteiger partial charge in [-0.25, -0.2) is 4.79 Å². The van der Waals surface area contributed by atoms with Crippen molar-refractivity contribution in [1.29, 1.82) is 0 Å². The molecule has 0 radical (unpaired) electrons. The molecule has 106 valence electrons. The Kier molecular flexibility index (Phi) is 5.93. The molecular weight excluding hydrogens is 228 g/mol. The van der Waals surface area contributed by atoms with Gasteiger partial charge >= 0.3 is 6.03 Å². The molecular formula is C14H28N2O2. The maximum absolute atomic E-state index is 11.8. The molecule has 1 atom stereocenters. The summed E-state index contributed by atoms with van der Waals surface area (Å²) in [5.41, 5.74) is 0.382. The second-order valence-electron chi connectivity index (χ2n) is 6.53. The second kappa shape index (κ2) is 6.98. The summed E-state index contributed by atoms with van der Waals surface area (Å²) in [4.78, 5) is 13.6. The Morgan fingerprint density at radius 3 is 2.67 bits per heavy atom. The molecule has 1 unspecified atom stereocenters. The van der Waals surface area contributed by atoms with E-state index in [9.17, 15) is 4.79 Å². The van der Waals surface area contributed by atoms with Gasteiger partial charge in [-0.3, -0.25) is 0 Å². The number of aliphatic hydroxyl groups is 1. The van der Waals surface area contributed by atoms with E-state index in [1.165, 1.54) is 6.42 Å². The highest BCUT2D eigenvalue weighted by Gasteiger charge is 2.25. The largest absolute Gasteiger partial charge is 0.396 e. The fourth-order valence-electron chi connectivity index (χ4n) is 2.25. The Morgan fingerprint density at radius 1 is 1.39 bits per heavy atom. The third-order valence-corrected chi connectivity index (χ3v) is 3.46. The van der Waals surface area contributed by atoms with Gasteiger partial charge in [-0.15, -0.1) is 0 Å². The van der Waals surface area contributed by atoms with Crippen LogP contribution in [0, 0.1) is 11.3 Å². The van der Waals surface area contributed by atoms with Gasteiger partial charge in [-0.05, 0) is 24.7 Å². The highest BCUT2D eigenvalue weighted by molar-refractivity contribution is 5.74. The van der Waals surface area contributed by atoms with E-state index < -0.39 is 0 Å². The lowest BCUT2D eigenvalue weighted by Gasteiger charge is -2.19. The molecule has 18 heavy (non-hydrogen) atoms. The van der Waals surface area contributed by atoms with E-state index in [4.69, 9.17) is 5.11 Å². The Labute approximate surface area is 111 Å². The van der Waals surface area contributed by atoms with Gasteiger partial charge in [0.25, 0.3) is 0 Å². The number of amides is 2. The van der Waals surface area contributed by atoms with Crippen molar-refractivity contribution in [1.82, 2.24) is 10.2 Å². The van der Waals surface area contributed by atoms with Gasteiger partial charge in [-0.1, -0.05) is 27.2 Å². The molecule has 1 rings (SSSR count). The predicted octanol–water partition coefficient (Wildman–Crippen LogP) is 2.23. The van der Waals surface area contributed by atoms with Crippen molar-refractivity contribution < 1.29 is 9.90 Å². The molecule has 1 fully saturated rings. The number of urea groups is 1. The van der Waals surface area contributed by atoms with E-state index in [2.05, 4.69) is 26.1 Å². The van der Waals surface area contributed by atoms with Crippen LogP contribution in [0.5, 0.6) is 0 Å². The number of aliphatic hydroxyl groups excluding tert-OH is 1. The summed E-state index contributed by atoms with van der Waals surface area (Å²) in [6, 6.07) is 0.0294. The van der Waals surface area contributed by atoms with E-state index in [0.717, 1.165) is 32.4 Å². The first kappa shape index (κ1) is 15.3. The summed E-state index contributed by atoms with van der Waals surface area (Å²) in [6.45, 7) is 9.15. The number of carbonyl (C=O) groups is 1. The smallest absolute Gasteiger partial charge is 0.317 e. The molecule has 4 nitrogen and oxygen atoms in total. The van der Waals surface area contributed by atoms with Crippen LogP contribution in [0.4, 0.5) is 4.79 Å². The molecule has 4 heteroatoms. The first-order valence-electron chi connectivity index (χ1n) is 7.06. The number of carbonyl (C=O) groups excluding carboxylic acids is 1. The minimum Gasteiger partial charge on any atom is -0.396 e. The molecule has 2 N–H and O–H groups in total. The van der Waals surface area contributed by atoms with Crippen LogP contribution in [0.2, 0.25) is 0 Å². The van der Waals surface area contributed by atoms with Crippen molar-refractivity contribution in [3.8, 4) is 0 Å². The zero-order valence-corrected chi connectivity index (χ0v) is 12.0. The average Bonchev–Trinajstić information content (AvgIpc) is 2.75. The Bertz CT molecular complexity index is 261. The van der Waals surface area contributed by atoms with Gasteiger partial charge in [0.1, 0.15) is 0 Å². The van der Waals surface area contributed by atoms with Gasteiger partial charge in [0, 0.05) is 32.2 Å². The summed E-state index contributed by atoms with van der Waals surface area (Å²) in [5, 5.41) is 12.0. The summed E-state index contributed by atoms with van der Waals surface area (Å²) in [5.74, 6) is 0.275. The minimum atomic E-state index is 0.0294. The van der Waals surface area contributed by atoms with Gasteiger partial charge in [0.15, 0.2) is 0 Å². The molecule has 0 spiro atoms. The maximum Gasteiger partial charge on any atom is 0.317 e. The molecule has 0 aromatic heterocycles. The Morgan fingerprint density at radius 2 is 2.11 bits per heavy atom. The summed E-state index contributed by atoms with van der Waals surface area (Å²) < 4.78 is 0. The molecule has 0 aliphatic carbocycles. The topological polar surface area (TPSA) is 52.6 Å². The Balaban J connectivity index is 2.07. The van der Waals surface area contributed by atoms with E-state index in [1.54, 1.807) is 0 Å². The molecule has 1 saturated heterocycles. The molecule has 0 aromatic rings.